The average Bonchev–Trinajstić information content (AvgIpc) is 2.57. The fourth-order valence-electron chi connectivity index (χ4n) is 2.32. The zero-order valence-corrected chi connectivity index (χ0v) is 14.6. The van der Waals surface area contributed by atoms with Crippen molar-refractivity contribution in [1.82, 2.24) is 0 Å². The summed E-state index contributed by atoms with van der Waals surface area (Å²) in [7, 11) is 0. The van der Waals surface area contributed by atoms with E-state index >= 15 is 0 Å². The van der Waals surface area contributed by atoms with Crippen LogP contribution in [0.2, 0.25) is 0 Å². The van der Waals surface area contributed by atoms with Gasteiger partial charge in [0.05, 0.1) is 18.2 Å². The second kappa shape index (κ2) is 7.66. The Morgan fingerprint density at radius 3 is 2.67 bits per heavy atom. The van der Waals surface area contributed by atoms with Gasteiger partial charge in [-0.15, -0.1) is 11.6 Å². The van der Waals surface area contributed by atoms with Crippen LogP contribution in [0.5, 0.6) is 5.75 Å². The molecule has 1 aliphatic rings. The first kappa shape index (κ1) is 18.3. The number of benzene rings is 1. The van der Waals surface area contributed by atoms with Crippen molar-refractivity contribution in [3.05, 3.63) is 23.8 Å². The molecule has 130 valence electrons. The normalized spacial score (nSPS) is 14.9. The monoisotopic (exact) mass is 353 g/mol. The molecule has 0 spiro atoms. The van der Waals surface area contributed by atoms with Gasteiger partial charge in [-0.1, -0.05) is 13.8 Å². The Bertz CT molecular complexity index is 658. The molecule has 6 nitrogen and oxygen atoms in total. The van der Waals surface area contributed by atoms with E-state index in [1.54, 1.807) is 19.1 Å². The van der Waals surface area contributed by atoms with Crippen LogP contribution in [0.25, 0.3) is 0 Å². The van der Waals surface area contributed by atoms with Crippen molar-refractivity contribution in [2.45, 2.75) is 26.8 Å². The summed E-state index contributed by atoms with van der Waals surface area (Å²) in [5, 5.41) is 0. The van der Waals surface area contributed by atoms with Gasteiger partial charge < -0.3 is 9.47 Å². The minimum absolute atomic E-state index is 0.167. The van der Waals surface area contributed by atoms with Crippen molar-refractivity contribution >= 4 is 34.9 Å². The lowest BCUT2D eigenvalue weighted by atomic mass is 10.1. The standard InChI is InChI=1S/C17H20ClNO5/c1-10(2)8-24-17(22)11(3)19-13-6-12(14(20)7-18)4-5-15(13)23-9-16(19)21/h4-6,10-11H,7-9H2,1-3H3. The SMILES string of the molecule is CC(C)COC(=O)C(C)N1C(=O)COc2ccc(C(=O)CCl)cc21. The van der Waals surface area contributed by atoms with E-state index in [-0.39, 0.29) is 36.7 Å². The molecule has 2 rings (SSSR count). The molecule has 0 saturated carbocycles. The lowest BCUT2D eigenvalue weighted by Gasteiger charge is -2.33. The van der Waals surface area contributed by atoms with Crippen LogP contribution in [0, 0.1) is 5.92 Å². The third-order valence-electron chi connectivity index (χ3n) is 3.57. The van der Waals surface area contributed by atoms with Crippen LogP contribution < -0.4 is 9.64 Å². The summed E-state index contributed by atoms with van der Waals surface area (Å²) in [5.74, 6) is -0.677. The van der Waals surface area contributed by atoms with Crippen LogP contribution in [-0.2, 0) is 14.3 Å². The molecule has 0 bridgehead atoms. The number of nitrogens with zero attached hydrogens (tertiary/aromatic N) is 1. The number of hydrogen-bond acceptors (Lipinski definition) is 5. The van der Waals surface area contributed by atoms with Crippen LogP contribution in [0.1, 0.15) is 31.1 Å². The van der Waals surface area contributed by atoms with Gasteiger partial charge in [-0.05, 0) is 31.0 Å². The number of esters is 1. The van der Waals surface area contributed by atoms with Gasteiger partial charge in [0.1, 0.15) is 11.8 Å². The van der Waals surface area contributed by atoms with Gasteiger partial charge in [0.2, 0.25) is 0 Å². The van der Waals surface area contributed by atoms with E-state index in [2.05, 4.69) is 0 Å². The molecule has 0 fully saturated rings. The maximum absolute atomic E-state index is 12.3. The number of rotatable bonds is 6. The Kier molecular flexibility index (Phi) is 5.83. The number of alkyl halides is 1. The Labute approximate surface area is 145 Å². The lowest BCUT2D eigenvalue weighted by molar-refractivity contribution is -0.147. The summed E-state index contributed by atoms with van der Waals surface area (Å²) >= 11 is 5.58. The van der Waals surface area contributed by atoms with Crippen molar-refractivity contribution in [2.75, 3.05) is 24.0 Å². The summed E-state index contributed by atoms with van der Waals surface area (Å²) in [4.78, 5) is 37.6. The third-order valence-corrected chi connectivity index (χ3v) is 3.81. The molecule has 0 radical (unpaired) electrons. The van der Waals surface area contributed by atoms with E-state index in [1.165, 1.54) is 11.0 Å². The first-order valence-electron chi connectivity index (χ1n) is 7.69. The largest absolute Gasteiger partial charge is 0.482 e. The topological polar surface area (TPSA) is 72.9 Å². The molecule has 1 atom stereocenters. The fraction of sp³-hybridized carbons (Fsp3) is 0.471. The maximum Gasteiger partial charge on any atom is 0.328 e. The van der Waals surface area contributed by atoms with Gasteiger partial charge in [0.15, 0.2) is 12.4 Å². The summed E-state index contributed by atoms with van der Waals surface area (Å²) in [6, 6.07) is 3.88. The highest BCUT2D eigenvalue weighted by molar-refractivity contribution is 6.30. The van der Waals surface area contributed by atoms with Crippen molar-refractivity contribution in [3.8, 4) is 5.75 Å². The molecule has 1 unspecified atom stereocenters. The van der Waals surface area contributed by atoms with E-state index in [0.29, 0.717) is 17.0 Å². The van der Waals surface area contributed by atoms with E-state index in [9.17, 15) is 14.4 Å². The number of fused-ring (bicyclic) bond motifs is 1. The fourth-order valence-corrected chi connectivity index (χ4v) is 2.48. The summed E-state index contributed by atoms with van der Waals surface area (Å²) in [6.45, 7) is 5.55. The molecule has 0 aromatic heterocycles. The molecule has 24 heavy (non-hydrogen) atoms. The van der Waals surface area contributed by atoms with Crippen LogP contribution in [-0.4, -0.2) is 42.8 Å². The van der Waals surface area contributed by atoms with Crippen molar-refractivity contribution in [2.24, 2.45) is 5.92 Å². The molecule has 7 heteroatoms. The van der Waals surface area contributed by atoms with Gasteiger partial charge in [-0.25, -0.2) is 4.79 Å². The van der Waals surface area contributed by atoms with Gasteiger partial charge in [0.25, 0.3) is 5.91 Å². The Hall–Kier alpha value is -2.08. The average molecular weight is 354 g/mol. The second-order valence-electron chi connectivity index (χ2n) is 5.99. The summed E-state index contributed by atoms with van der Waals surface area (Å²) in [5.41, 5.74) is 0.728. The van der Waals surface area contributed by atoms with Crippen LogP contribution >= 0.6 is 11.6 Å². The highest BCUT2D eigenvalue weighted by Crippen LogP contribution is 2.34. The van der Waals surface area contributed by atoms with E-state index in [0.717, 1.165) is 0 Å². The van der Waals surface area contributed by atoms with Gasteiger partial charge >= 0.3 is 5.97 Å². The predicted molar refractivity (Wildman–Crippen MR) is 89.7 cm³/mol. The number of carbonyl (C=O) groups excluding carboxylic acids is 3. The van der Waals surface area contributed by atoms with Gasteiger partial charge in [-0.2, -0.15) is 0 Å². The second-order valence-corrected chi connectivity index (χ2v) is 6.26. The molecular weight excluding hydrogens is 334 g/mol. The van der Waals surface area contributed by atoms with Gasteiger partial charge in [0, 0.05) is 5.56 Å². The van der Waals surface area contributed by atoms with E-state index in [1.807, 2.05) is 13.8 Å². The summed E-state index contributed by atoms with van der Waals surface area (Å²) in [6.07, 6.45) is 0. The first-order chi connectivity index (χ1) is 11.3. The molecule has 0 saturated heterocycles. The zero-order chi connectivity index (χ0) is 17.9. The Morgan fingerprint density at radius 2 is 2.04 bits per heavy atom. The number of ketones is 1. The van der Waals surface area contributed by atoms with Crippen LogP contribution in [0.15, 0.2) is 18.2 Å². The van der Waals surface area contributed by atoms with Crippen molar-refractivity contribution in [1.29, 1.82) is 0 Å². The van der Waals surface area contributed by atoms with E-state index < -0.39 is 12.0 Å². The van der Waals surface area contributed by atoms with Crippen molar-refractivity contribution < 1.29 is 23.9 Å². The lowest BCUT2D eigenvalue weighted by Crippen LogP contribution is -2.48. The molecular formula is C17H20ClNO5. The number of ether oxygens (including phenoxy) is 2. The minimum Gasteiger partial charge on any atom is -0.482 e. The van der Waals surface area contributed by atoms with Crippen LogP contribution in [0.3, 0.4) is 0 Å². The number of anilines is 1. The smallest absolute Gasteiger partial charge is 0.328 e. The quantitative estimate of drug-likeness (QED) is 0.446. The molecule has 1 heterocycles. The highest BCUT2D eigenvalue weighted by Gasteiger charge is 2.34. The third kappa shape index (κ3) is 3.87. The maximum atomic E-state index is 12.3. The molecule has 1 aliphatic heterocycles. The number of Topliss-reactive ketones (excluding diaryl/α,β-unsaturated/α-hetero) is 1. The molecule has 1 aromatic carbocycles. The van der Waals surface area contributed by atoms with Crippen molar-refractivity contribution in [3.63, 3.8) is 0 Å². The molecule has 0 aliphatic carbocycles. The number of halogens is 1. The molecule has 1 aromatic rings. The minimum atomic E-state index is -0.819. The van der Waals surface area contributed by atoms with Gasteiger partial charge in [-0.3, -0.25) is 14.5 Å². The molecule has 1 amide bonds. The number of amides is 1. The van der Waals surface area contributed by atoms with E-state index in [4.69, 9.17) is 21.1 Å². The van der Waals surface area contributed by atoms with Crippen LogP contribution in [0.4, 0.5) is 5.69 Å². The predicted octanol–water partition coefficient (Wildman–Crippen LogP) is 2.42. The molecule has 0 N–H and O–H groups in total. The Morgan fingerprint density at radius 1 is 1.33 bits per heavy atom. The Balaban J connectivity index is 2.32. The number of carbonyl (C=O) groups is 3. The first-order valence-corrected chi connectivity index (χ1v) is 8.23. The summed E-state index contributed by atoms with van der Waals surface area (Å²) < 4.78 is 10.6. The zero-order valence-electron chi connectivity index (χ0n) is 13.9. The highest BCUT2D eigenvalue weighted by atomic mass is 35.5. The number of hydrogen-bond donors (Lipinski definition) is 0.